The molecule has 0 aliphatic carbocycles. The van der Waals surface area contributed by atoms with Gasteiger partial charge in [-0.3, -0.25) is 9.79 Å². The molecular weight excluding hydrogens is 366 g/mol. The molecule has 0 bridgehead atoms. The van der Waals surface area contributed by atoms with Crippen LogP contribution in [0, 0.1) is 0 Å². The van der Waals surface area contributed by atoms with Gasteiger partial charge in [0, 0.05) is 25.7 Å². The molecule has 5 heteroatoms. The number of hydrogen-bond acceptors (Lipinski definition) is 5. The minimum absolute atomic E-state index is 0.00831. The lowest BCUT2D eigenvalue weighted by atomic mass is 9.86. The Bertz CT molecular complexity index is 503. The Hall–Kier alpha value is -1.20. The van der Waals surface area contributed by atoms with Crippen LogP contribution < -0.4 is 0 Å². The third-order valence-electron chi connectivity index (χ3n) is 5.76. The summed E-state index contributed by atoms with van der Waals surface area (Å²) in [5.41, 5.74) is 0.496. The fourth-order valence-electron chi connectivity index (χ4n) is 3.92. The summed E-state index contributed by atoms with van der Waals surface area (Å²) in [6, 6.07) is 0. The Morgan fingerprint density at radius 1 is 1.07 bits per heavy atom. The number of unbranched alkanes of at least 4 members (excludes halogenated alkanes) is 10. The molecule has 0 aromatic carbocycles. The fourth-order valence-corrected chi connectivity index (χ4v) is 3.92. The van der Waals surface area contributed by atoms with Gasteiger partial charge in [0.25, 0.3) is 0 Å². The Balaban J connectivity index is 2.01. The third-order valence-corrected chi connectivity index (χ3v) is 5.76. The molecule has 0 aromatic rings. The molecule has 0 amide bonds. The summed E-state index contributed by atoms with van der Waals surface area (Å²) in [4.78, 5) is 16.3. The summed E-state index contributed by atoms with van der Waals surface area (Å²) in [5.74, 6) is -0.230. The van der Waals surface area contributed by atoms with Crippen LogP contribution in [0.1, 0.15) is 104 Å². The van der Waals surface area contributed by atoms with Gasteiger partial charge in [-0.15, -0.1) is 0 Å². The van der Waals surface area contributed by atoms with Crippen molar-refractivity contribution in [2.45, 2.75) is 115 Å². The first-order valence-corrected chi connectivity index (χ1v) is 11.7. The number of ether oxygens (including phenoxy) is 1. The highest BCUT2D eigenvalue weighted by Gasteiger charge is 2.32. The molecule has 0 fully saturated rings. The maximum atomic E-state index is 11.9. The highest BCUT2D eigenvalue weighted by Crippen LogP contribution is 2.32. The first-order chi connectivity index (χ1) is 14.0. The second kappa shape index (κ2) is 15.6. The summed E-state index contributed by atoms with van der Waals surface area (Å²) in [5, 5.41) is 19.4. The van der Waals surface area contributed by atoms with Gasteiger partial charge in [0.15, 0.2) is 0 Å². The van der Waals surface area contributed by atoms with E-state index in [-0.39, 0.29) is 19.2 Å². The lowest BCUT2D eigenvalue weighted by molar-refractivity contribution is -0.147. The number of aliphatic hydroxyl groups is 2. The highest BCUT2D eigenvalue weighted by atomic mass is 16.5. The van der Waals surface area contributed by atoms with Crippen LogP contribution in [0.5, 0.6) is 0 Å². The average Bonchev–Trinajstić information content (AvgIpc) is 3.04. The Morgan fingerprint density at radius 3 is 2.24 bits per heavy atom. The molecular formula is C24H43NO4. The number of aliphatic hydroxyl groups excluding tert-OH is 2. The van der Waals surface area contributed by atoms with E-state index in [2.05, 4.69) is 11.9 Å². The number of hydrogen-bond donors (Lipinski definition) is 2. The molecule has 2 unspecified atom stereocenters. The summed E-state index contributed by atoms with van der Waals surface area (Å²) in [6.45, 7) is 4.26. The normalized spacial score (nSPS) is 19.4. The van der Waals surface area contributed by atoms with E-state index in [1.807, 2.05) is 13.0 Å². The third kappa shape index (κ3) is 11.5. The number of esters is 1. The van der Waals surface area contributed by atoms with E-state index in [0.29, 0.717) is 19.3 Å². The quantitative estimate of drug-likeness (QED) is 0.243. The van der Waals surface area contributed by atoms with Crippen molar-refractivity contribution in [3.8, 4) is 0 Å². The van der Waals surface area contributed by atoms with E-state index in [1.165, 1.54) is 57.8 Å². The summed E-state index contributed by atoms with van der Waals surface area (Å²) >= 11 is 0. The SMILES string of the molecule is CCCCCCCCCCCCCC(=O)OCC(O)CC1(C)N=CC=C1CCO. The van der Waals surface area contributed by atoms with Gasteiger partial charge in [0.05, 0.1) is 11.6 Å². The van der Waals surface area contributed by atoms with Gasteiger partial charge in [0.2, 0.25) is 0 Å². The van der Waals surface area contributed by atoms with Crippen molar-refractivity contribution in [3.63, 3.8) is 0 Å². The number of aliphatic imine (C=N–C) groups is 1. The monoisotopic (exact) mass is 409 g/mol. The predicted molar refractivity (Wildman–Crippen MR) is 119 cm³/mol. The predicted octanol–water partition coefficient (Wildman–Crippen LogP) is 5.13. The molecule has 5 nitrogen and oxygen atoms in total. The van der Waals surface area contributed by atoms with Gasteiger partial charge in [-0.2, -0.15) is 0 Å². The molecule has 1 aliphatic rings. The number of carbonyl (C=O) groups is 1. The minimum Gasteiger partial charge on any atom is -0.463 e. The van der Waals surface area contributed by atoms with Crippen molar-refractivity contribution < 1.29 is 19.7 Å². The van der Waals surface area contributed by atoms with Gasteiger partial charge in [0.1, 0.15) is 6.61 Å². The van der Waals surface area contributed by atoms with Crippen molar-refractivity contribution in [2.75, 3.05) is 13.2 Å². The van der Waals surface area contributed by atoms with Crippen molar-refractivity contribution in [1.29, 1.82) is 0 Å². The van der Waals surface area contributed by atoms with E-state index in [4.69, 9.17) is 9.84 Å². The smallest absolute Gasteiger partial charge is 0.305 e. The van der Waals surface area contributed by atoms with Crippen molar-refractivity contribution in [2.24, 2.45) is 4.99 Å². The van der Waals surface area contributed by atoms with E-state index in [9.17, 15) is 9.90 Å². The van der Waals surface area contributed by atoms with Crippen LogP contribution in [-0.2, 0) is 9.53 Å². The molecule has 2 atom stereocenters. The molecule has 1 heterocycles. The van der Waals surface area contributed by atoms with Crippen LogP contribution >= 0.6 is 0 Å². The number of carbonyl (C=O) groups excluding carboxylic acids is 1. The Labute approximate surface area is 177 Å². The van der Waals surface area contributed by atoms with E-state index in [0.717, 1.165) is 18.4 Å². The summed E-state index contributed by atoms with van der Waals surface area (Å²) < 4.78 is 5.24. The first kappa shape index (κ1) is 25.8. The largest absolute Gasteiger partial charge is 0.463 e. The highest BCUT2D eigenvalue weighted by molar-refractivity contribution is 5.77. The van der Waals surface area contributed by atoms with Crippen molar-refractivity contribution >= 4 is 12.2 Å². The van der Waals surface area contributed by atoms with E-state index in [1.54, 1.807) is 6.21 Å². The van der Waals surface area contributed by atoms with Gasteiger partial charge in [-0.1, -0.05) is 71.1 Å². The van der Waals surface area contributed by atoms with E-state index >= 15 is 0 Å². The summed E-state index contributed by atoms with van der Waals surface area (Å²) in [6.07, 6.45) is 18.0. The molecule has 0 saturated heterocycles. The minimum atomic E-state index is -0.751. The van der Waals surface area contributed by atoms with Crippen molar-refractivity contribution in [1.82, 2.24) is 0 Å². The zero-order chi connectivity index (χ0) is 21.4. The van der Waals surface area contributed by atoms with Gasteiger partial charge >= 0.3 is 5.97 Å². The topological polar surface area (TPSA) is 79.1 Å². The van der Waals surface area contributed by atoms with Gasteiger partial charge in [-0.05, 0) is 31.4 Å². The lowest BCUT2D eigenvalue weighted by Crippen LogP contribution is -2.32. The van der Waals surface area contributed by atoms with Crippen LogP contribution in [0.4, 0.5) is 0 Å². The fraction of sp³-hybridized carbons (Fsp3) is 0.833. The lowest BCUT2D eigenvalue weighted by Gasteiger charge is -2.27. The molecule has 0 saturated carbocycles. The molecule has 1 rings (SSSR count). The first-order valence-electron chi connectivity index (χ1n) is 11.7. The number of allylic oxidation sites excluding steroid dienone is 1. The average molecular weight is 410 g/mol. The second-order valence-corrected chi connectivity index (χ2v) is 8.54. The van der Waals surface area contributed by atoms with Crippen molar-refractivity contribution in [3.05, 3.63) is 11.6 Å². The molecule has 1 aliphatic heterocycles. The van der Waals surface area contributed by atoms with Crippen LogP contribution in [0.3, 0.4) is 0 Å². The number of nitrogens with zero attached hydrogens (tertiary/aromatic N) is 1. The van der Waals surface area contributed by atoms with Crippen LogP contribution in [0.25, 0.3) is 0 Å². The maximum absolute atomic E-state index is 11.9. The second-order valence-electron chi connectivity index (χ2n) is 8.54. The van der Waals surface area contributed by atoms with Gasteiger partial charge in [-0.25, -0.2) is 0 Å². The van der Waals surface area contributed by atoms with Gasteiger partial charge < -0.3 is 14.9 Å². The number of rotatable bonds is 18. The molecule has 168 valence electrons. The Kier molecular flexibility index (Phi) is 13.9. The molecule has 0 aromatic heterocycles. The molecule has 0 spiro atoms. The molecule has 0 radical (unpaired) electrons. The zero-order valence-electron chi connectivity index (χ0n) is 18.7. The molecule has 2 N–H and O–H groups in total. The standard InChI is InChI=1S/C24H43NO4/c1-3-4-5-6-7-8-9-10-11-12-13-14-23(28)29-20-22(27)19-24(2)21(16-18-26)15-17-25-24/h15,17,22,26-27H,3-14,16,18-20H2,1-2H3. The van der Waals surface area contributed by atoms with Crippen LogP contribution in [-0.4, -0.2) is 47.3 Å². The van der Waals surface area contributed by atoms with Crippen LogP contribution in [0.2, 0.25) is 0 Å². The summed E-state index contributed by atoms with van der Waals surface area (Å²) in [7, 11) is 0. The zero-order valence-corrected chi connectivity index (χ0v) is 18.7. The van der Waals surface area contributed by atoms with E-state index < -0.39 is 11.6 Å². The van der Waals surface area contributed by atoms with Crippen LogP contribution in [0.15, 0.2) is 16.6 Å². The maximum Gasteiger partial charge on any atom is 0.305 e. The molecule has 29 heavy (non-hydrogen) atoms. The Morgan fingerprint density at radius 2 is 1.66 bits per heavy atom.